The molecule has 5 nitrogen and oxygen atoms in total. The predicted octanol–water partition coefficient (Wildman–Crippen LogP) is 4.55. The van der Waals surface area contributed by atoms with Crippen molar-refractivity contribution in [2.45, 2.75) is 102 Å². The zero-order valence-corrected chi connectivity index (χ0v) is 19.1. The smallest absolute Gasteiger partial charge is 0.410 e. The summed E-state index contributed by atoms with van der Waals surface area (Å²) in [4.78, 5) is 20.0. The summed E-state index contributed by atoms with van der Waals surface area (Å²) in [6.07, 6.45) is 14.4. The number of rotatable bonds is 3. The molecular weight excluding hydrogens is 374 g/mol. The number of likely N-dealkylation sites (tertiary alicyclic amines) is 1. The number of hydrogen-bond donors (Lipinski definition) is 0. The van der Waals surface area contributed by atoms with Crippen molar-refractivity contribution in [3.05, 3.63) is 23.4 Å². The van der Waals surface area contributed by atoms with Crippen LogP contribution in [-0.2, 0) is 4.74 Å². The lowest BCUT2D eigenvalue weighted by atomic mass is 9.92. The highest BCUT2D eigenvalue weighted by molar-refractivity contribution is 5.69. The van der Waals surface area contributed by atoms with E-state index in [9.17, 15) is 4.79 Å². The van der Waals surface area contributed by atoms with Crippen molar-refractivity contribution >= 4 is 6.09 Å². The third kappa shape index (κ3) is 3.57. The molecule has 4 aliphatic heterocycles. The molecule has 3 fully saturated rings. The summed E-state index contributed by atoms with van der Waals surface area (Å²) in [5.41, 5.74) is 3.25. The fourth-order valence-corrected chi connectivity index (χ4v) is 7.11. The van der Waals surface area contributed by atoms with Gasteiger partial charge in [0.25, 0.3) is 0 Å². The van der Waals surface area contributed by atoms with Crippen molar-refractivity contribution in [3.8, 4) is 0 Å². The van der Waals surface area contributed by atoms with Crippen molar-refractivity contribution in [2.75, 3.05) is 19.7 Å². The molecule has 166 valence electrons. The zero-order chi connectivity index (χ0) is 20.8. The first kappa shape index (κ1) is 20.4. The monoisotopic (exact) mass is 413 g/mol. The minimum absolute atomic E-state index is 0.0795. The lowest BCUT2D eigenvalue weighted by molar-refractivity contribution is 0.0248. The van der Waals surface area contributed by atoms with E-state index in [4.69, 9.17) is 4.74 Å². The second kappa shape index (κ2) is 8.22. The van der Waals surface area contributed by atoms with Crippen molar-refractivity contribution in [1.82, 2.24) is 14.7 Å². The van der Waals surface area contributed by atoms with Crippen LogP contribution in [-0.4, -0.2) is 70.7 Å². The van der Waals surface area contributed by atoms with Gasteiger partial charge in [-0.3, -0.25) is 0 Å². The van der Waals surface area contributed by atoms with E-state index in [2.05, 4.69) is 40.7 Å². The highest BCUT2D eigenvalue weighted by Crippen LogP contribution is 2.42. The van der Waals surface area contributed by atoms with E-state index < -0.39 is 0 Å². The van der Waals surface area contributed by atoms with Gasteiger partial charge in [-0.2, -0.15) is 0 Å². The Bertz CT molecular complexity index is 710. The molecule has 0 aromatic heterocycles. The summed E-state index contributed by atoms with van der Waals surface area (Å²) < 4.78 is 5.33. The van der Waals surface area contributed by atoms with Gasteiger partial charge < -0.3 is 19.4 Å². The molecule has 5 heteroatoms. The topological polar surface area (TPSA) is 36.0 Å². The second-order valence-electron chi connectivity index (χ2n) is 10.4. The average Bonchev–Trinajstić information content (AvgIpc) is 3.20. The summed E-state index contributed by atoms with van der Waals surface area (Å²) in [5, 5.41) is 0. The average molecular weight is 414 g/mol. The number of ether oxygens (including phenoxy) is 1. The third-order valence-corrected chi connectivity index (χ3v) is 8.40. The second-order valence-corrected chi connectivity index (χ2v) is 10.4. The minimum Gasteiger partial charge on any atom is -0.450 e. The summed E-state index contributed by atoms with van der Waals surface area (Å²) in [5.74, 6) is 0.702. The van der Waals surface area contributed by atoms with Crippen LogP contribution in [0.4, 0.5) is 4.79 Å². The molecule has 2 bridgehead atoms. The summed E-state index contributed by atoms with van der Waals surface area (Å²) >= 11 is 0. The van der Waals surface area contributed by atoms with E-state index in [1.807, 2.05) is 6.92 Å². The van der Waals surface area contributed by atoms with Gasteiger partial charge in [-0.25, -0.2) is 4.79 Å². The van der Waals surface area contributed by atoms with E-state index in [0.717, 1.165) is 25.7 Å². The molecule has 0 aromatic carbocycles. The molecule has 1 amide bonds. The molecule has 5 rings (SSSR count). The number of piperidine rings is 2. The van der Waals surface area contributed by atoms with Crippen LogP contribution in [0.3, 0.4) is 0 Å². The number of hydrogen-bond acceptors (Lipinski definition) is 4. The van der Waals surface area contributed by atoms with Crippen LogP contribution in [0, 0.1) is 5.92 Å². The van der Waals surface area contributed by atoms with Crippen LogP contribution < -0.4 is 0 Å². The Kier molecular flexibility index (Phi) is 5.59. The molecule has 3 saturated heterocycles. The molecule has 0 N–H and O–H groups in total. The highest BCUT2D eigenvalue weighted by Gasteiger charge is 2.46. The standard InChI is InChI=1S/C25H39N3O2/c1-4-30-25(29)28-21-6-7-22(28)16-23(15-21)26-11-9-20(10-12-26)27-18(3)14-19-13-17(2)5-8-24(19)27/h5,8,17-18,20-23H,4,6-7,9-16H2,1-3H3/t17?,18?,21-,22?,23?/m0/s1. The first-order valence-electron chi connectivity index (χ1n) is 12.4. The summed E-state index contributed by atoms with van der Waals surface area (Å²) in [6.45, 7) is 9.56. The van der Waals surface area contributed by atoms with Crippen molar-refractivity contribution < 1.29 is 9.53 Å². The highest BCUT2D eigenvalue weighted by atomic mass is 16.6. The minimum atomic E-state index is -0.0795. The van der Waals surface area contributed by atoms with Crippen LogP contribution >= 0.6 is 0 Å². The largest absolute Gasteiger partial charge is 0.450 e. The van der Waals surface area contributed by atoms with Gasteiger partial charge in [0.15, 0.2) is 0 Å². The number of amides is 1. The number of allylic oxidation sites excluding steroid dienone is 2. The maximum atomic E-state index is 12.4. The lowest BCUT2D eigenvalue weighted by Gasteiger charge is -2.47. The lowest BCUT2D eigenvalue weighted by Crippen LogP contribution is -2.55. The van der Waals surface area contributed by atoms with Gasteiger partial charge in [0.2, 0.25) is 0 Å². The number of carbonyl (C=O) groups is 1. The van der Waals surface area contributed by atoms with Crippen LogP contribution in [0.25, 0.3) is 0 Å². The van der Waals surface area contributed by atoms with E-state index >= 15 is 0 Å². The molecule has 30 heavy (non-hydrogen) atoms. The van der Waals surface area contributed by atoms with Crippen molar-refractivity contribution in [3.63, 3.8) is 0 Å². The van der Waals surface area contributed by atoms with Gasteiger partial charge in [-0.05, 0) is 82.8 Å². The van der Waals surface area contributed by atoms with Gasteiger partial charge in [0, 0.05) is 49.0 Å². The van der Waals surface area contributed by atoms with Crippen LogP contribution in [0.1, 0.15) is 72.1 Å². The summed E-state index contributed by atoms with van der Waals surface area (Å²) in [6, 6.07) is 2.79. The van der Waals surface area contributed by atoms with Crippen molar-refractivity contribution in [1.29, 1.82) is 0 Å². The zero-order valence-electron chi connectivity index (χ0n) is 19.1. The molecular formula is C25H39N3O2. The van der Waals surface area contributed by atoms with E-state index in [1.54, 1.807) is 11.3 Å². The molecule has 5 aliphatic rings. The fourth-order valence-electron chi connectivity index (χ4n) is 7.11. The quantitative estimate of drug-likeness (QED) is 0.680. The van der Waals surface area contributed by atoms with Crippen LogP contribution in [0.2, 0.25) is 0 Å². The maximum absolute atomic E-state index is 12.4. The number of nitrogens with zero attached hydrogens (tertiary/aromatic N) is 3. The molecule has 1 aliphatic carbocycles. The van der Waals surface area contributed by atoms with E-state index in [1.165, 1.54) is 38.8 Å². The SMILES string of the molecule is CCOC(=O)N1C2CC[C@H]1CC(N1CCC(N3C4=C(CC(C)C=C4)CC3C)CC1)C2. The molecule has 4 unspecified atom stereocenters. The Morgan fingerprint density at radius 3 is 2.37 bits per heavy atom. The van der Waals surface area contributed by atoms with E-state index in [0.29, 0.717) is 42.7 Å². The van der Waals surface area contributed by atoms with Crippen molar-refractivity contribution in [2.24, 2.45) is 5.92 Å². The normalized spacial score (nSPS) is 37.1. The third-order valence-electron chi connectivity index (χ3n) is 8.40. The van der Waals surface area contributed by atoms with Gasteiger partial charge >= 0.3 is 6.09 Å². The molecule has 0 spiro atoms. The molecule has 5 atom stereocenters. The Labute approximate surface area is 182 Å². The van der Waals surface area contributed by atoms with Gasteiger partial charge in [-0.15, -0.1) is 0 Å². The van der Waals surface area contributed by atoms with Crippen LogP contribution in [0.15, 0.2) is 23.4 Å². The maximum Gasteiger partial charge on any atom is 0.410 e. The first-order chi connectivity index (χ1) is 14.5. The van der Waals surface area contributed by atoms with Gasteiger partial charge in [0.05, 0.1) is 6.61 Å². The van der Waals surface area contributed by atoms with E-state index in [-0.39, 0.29) is 6.09 Å². The number of fused-ring (bicyclic) bond motifs is 2. The van der Waals surface area contributed by atoms with Crippen LogP contribution in [0.5, 0.6) is 0 Å². The Morgan fingerprint density at radius 1 is 1.00 bits per heavy atom. The number of carbonyl (C=O) groups excluding carboxylic acids is 1. The molecule has 0 saturated carbocycles. The first-order valence-corrected chi connectivity index (χ1v) is 12.4. The predicted molar refractivity (Wildman–Crippen MR) is 119 cm³/mol. The Balaban J connectivity index is 1.19. The Morgan fingerprint density at radius 2 is 1.70 bits per heavy atom. The Hall–Kier alpha value is -1.49. The van der Waals surface area contributed by atoms with Gasteiger partial charge in [0.1, 0.15) is 0 Å². The fraction of sp³-hybridized carbons (Fsp3) is 0.800. The van der Waals surface area contributed by atoms with Gasteiger partial charge in [-0.1, -0.05) is 13.0 Å². The summed E-state index contributed by atoms with van der Waals surface area (Å²) in [7, 11) is 0. The molecule has 0 radical (unpaired) electrons. The molecule has 4 heterocycles. The molecule has 0 aromatic rings.